The smallest absolute Gasteiger partial charge is 0.255 e. The first-order valence-electron chi connectivity index (χ1n) is 5.70. The first kappa shape index (κ1) is 12.7. The molecule has 0 unspecified atom stereocenters. The van der Waals surface area contributed by atoms with Crippen molar-refractivity contribution in [3.8, 4) is 0 Å². The third kappa shape index (κ3) is 2.90. The van der Waals surface area contributed by atoms with E-state index in [-0.39, 0.29) is 5.91 Å². The molecule has 1 amide bonds. The van der Waals surface area contributed by atoms with Crippen LogP contribution in [0.15, 0.2) is 42.5 Å². The molecule has 0 atom stereocenters. The highest BCUT2D eigenvalue weighted by Crippen LogP contribution is 2.18. The van der Waals surface area contributed by atoms with Crippen LogP contribution in [0, 0.1) is 13.8 Å². The second kappa shape index (κ2) is 5.23. The predicted molar refractivity (Wildman–Crippen MR) is 75.3 cm³/mol. The van der Waals surface area contributed by atoms with E-state index in [9.17, 15) is 4.79 Å². The lowest BCUT2D eigenvalue weighted by Crippen LogP contribution is -2.11. The Balaban J connectivity index is 2.19. The number of hydrogen-bond acceptors (Lipinski definition) is 1. The average Bonchev–Trinajstić information content (AvgIpc) is 2.32. The number of carbonyl (C=O) groups is 1. The summed E-state index contributed by atoms with van der Waals surface area (Å²) in [5, 5.41) is 3.45. The Labute approximate surface area is 112 Å². The zero-order chi connectivity index (χ0) is 13.1. The highest BCUT2D eigenvalue weighted by Gasteiger charge is 2.07. The van der Waals surface area contributed by atoms with Crippen LogP contribution in [-0.2, 0) is 0 Å². The molecule has 0 heterocycles. The van der Waals surface area contributed by atoms with E-state index in [4.69, 9.17) is 11.6 Å². The van der Waals surface area contributed by atoms with Crippen LogP contribution in [0.2, 0.25) is 5.02 Å². The average molecular weight is 260 g/mol. The Kier molecular flexibility index (Phi) is 3.68. The van der Waals surface area contributed by atoms with Crippen molar-refractivity contribution in [3.05, 3.63) is 64.2 Å². The van der Waals surface area contributed by atoms with Crippen molar-refractivity contribution >= 4 is 23.2 Å². The summed E-state index contributed by atoms with van der Waals surface area (Å²) in [6.45, 7) is 3.89. The van der Waals surface area contributed by atoms with Crippen molar-refractivity contribution in [3.63, 3.8) is 0 Å². The van der Waals surface area contributed by atoms with Gasteiger partial charge in [-0.15, -0.1) is 0 Å². The van der Waals surface area contributed by atoms with Crippen molar-refractivity contribution in [2.24, 2.45) is 0 Å². The van der Waals surface area contributed by atoms with Gasteiger partial charge < -0.3 is 5.32 Å². The van der Waals surface area contributed by atoms with Crippen LogP contribution >= 0.6 is 11.6 Å². The van der Waals surface area contributed by atoms with Gasteiger partial charge in [0.1, 0.15) is 0 Å². The molecule has 3 heteroatoms. The molecule has 0 spiro atoms. The van der Waals surface area contributed by atoms with E-state index in [0.717, 1.165) is 16.8 Å². The summed E-state index contributed by atoms with van der Waals surface area (Å²) in [7, 11) is 0. The maximum atomic E-state index is 12.0. The Morgan fingerprint density at radius 2 is 1.89 bits per heavy atom. The predicted octanol–water partition coefficient (Wildman–Crippen LogP) is 4.21. The van der Waals surface area contributed by atoms with Gasteiger partial charge in [0.25, 0.3) is 5.91 Å². The number of hydrogen-bond donors (Lipinski definition) is 1. The molecule has 0 fully saturated rings. The number of rotatable bonds is 2. The van der Waals surface area contributed by atoms with Crippen molar-refractivity contribution < 1.29 is 4.79 Å². The van der Waals surface area contributed by atoms with Gasteiger partial charge in [0.05, 0.1) is 0 Å². The number of anilines is 1. The molecule has 0 radical (unpaired) electrons. The molecule has 1 N–H and O–H groups in total. The maximum absolute atomic E-state index is 12.0. The van der Waals surface area contributed by atoms with Crippen molar-refractivity contribution in [2.45, 2.75) is 13.8 Å². The van der Waals surface area contributed by atoms with Gasteiger partial charge in [0.15, 0.2) is 0 Å². The van der Waals surface area contributed by atoms with Crippen LogP contribution in [0.3, 0.4) is 0 Å². The van der Waals surface area contributed by atoms with Crippen molar-refractivity contribution in [1.29, 1.82) is 0 Å². The summed E-state index contributed by atoms with van der Waals surface area (Å²) in [6.07, 6.45) is 0. The zero-order valence-corrected chi connectivity index (χ0v) is 11.1. The van der Waals surface area contributed by atoms with Gasteiger partial charge in [0, 0.05) is 16.3 Å². The largest absolute Gasteiger partial charge is 0.322 e. The van der Waals surface area contributed by atoms with Crippen molar-refractivity contribution in [2.75, 3.05) is 5.32 Å². The summed E-state index contributed by atoms with van der Waals surface area (Å²) in [6, 6.07) is 13.0. The van der Waals surface area contributed by atoms with Crippen LogP contribution < -0.4 is 5.32 Å². The van der Waals surface area contributed by atoms with Crippen LogP contribution in [0.25, 0.3) is 0 Å². The second-order valence-corrected chi connectivity index (χ2v) is 4.69. The molecule has 2 nitrogen and oxygen atoms in total. The van der Waals surface area contributed by atoms with E-state index in [1.165, 1.54) is 0 Å². The molecule has 0 aromatic heterocycles. The number of aryl methyl sites for hydroxylation is 2. The lowest BCUT2D eigenvalue weighted by molar-refractivity contribution is 0.102. The lowest BCUT2D eigenvalue weighted by Gasteiger charge is -2.07. The van der Waals surface area contributed by atoms with Gasteiger partial charge in [-0.1, -0.05) is 29.8 Å². The molecule has 2 aromatic rings. The molecule has 0 saturated heterocycles. The Hall–Kier alpha value is -1.80. The topological polar surface area (TPSA) is 29.1 Å². The zero-order valence-electron chi connectivity index (χ0n) is 10.3. The number of amides is 1. The van der Waals surface area contributed by atoms with E-state index < -0.39 is 0 Å². The SMILES string of the molecule is Cc1cccc(NC(=O)c2ccc(C)c(Cl)c2)c1. The highest BCUT2D eigenvalue weighted by atomic mass is 35.5. The van der Waals surface area contributed by atoms with E-state index in [1.807, 2.05) is 44.2 Å². The van der Waals surface area contributed by atoms with Gasteiger partial charge >= 0.3 is 0 Å². The number of halogens is 1. The summed E-state index contributed by atoms with van der Waals surface area (Å²) < 4.78 is 0. The third-order valence-electron chi connectivity index (χ3n) is 2.71. The molecule has 0 aliphatic rings. The molecule has 0 saturated carbocycles. The van der Waals surface area contributed by atoms with Gasteiger partial charge in [-0.3, -0.25) is 4.79 Å². The van der Waals surface area contributed by atoms with Crippen LogP contribution in [0.4, 0.5) is 5.69 Å². The fourth-order valence-corrected chi connectivity index (χ4v) is 1.84. The molecule has 92 valence electrons. The minimum Gasteiger partial charge on any atom is -0.322 e. The standard InChI is InChI=1S/C15H14ClNO/c1-10-4-3-5-13(8-10)17-15(18)12-7-6-11(2)14(16)9-12/h3-9H,1-2H3,(H,17,18). The summed E-state index contributed by atoms with van der Waals surface area (Å²) in [5.74, 6) is -0.150. The van der Waals surface area contributed by atoms with E-state index in [0.29, 0.717) is 10.6 Å². The van der Waals surface area contributed by atoms with Gasteiger partial charge in [-0.25, -0.2) is 0 Å². The molecule has 0 bridgehead atoms. The van der Waals surface area contributed by atoms with Crippen molar-refractivity contribution in [1.82, 2.24) is 0 Å². The first-order valence-corrected chi connectivity index (χ1v) is 6.08. The molecule has 2 aromatic carbocycles. The Morgan fingerprint density at radius 1 is 1.11 bits per heavy atom. The molecule has 0 aliphatic heterocycles. The van der Waals surface area contributed by atoms with Crippen LogP contribution in [0.1, 0.15) is 21.5 Å². The van der Waals surface area contributed by atoms with Gasteiger partial charge in [-0.2, -0.15) is 0 Å². The minimum absolute atomic E-state index is 0.150. The first-order chi connectivity index (χ1) is 8.56. The van der Waals surface area contributed by atoms with E-state index >= 15 is 0 Å². The summed E-state index contributed by atoms with van der Waals surface area (Å²) in [4.78, 5) is 12.0. The number of nitrogens with one attached hydrogen (secondary N) is 1. The van der Waals surface area contributed by atoms with Gasteiger partial charge in [0.2, 0.25) is 0 Å². The van der Waals surface area contributed by atoms with E-state index in [2.05, 4.69) is 5.32 Å². The molecular weight excluding hydrogens is 246 g/mol. The molecule has 2 rings (SSSR count). The number of carbonyl (C=O) groups excluding carboxylic acids is 1. The quantitative estimate of drug-likeness (QED) is 0.860. The van der Waals surface area contributed by atoms with Crippen LogP contribution in [0.5, 0.6) is 0 Å². The second-order valence-electron chi connectivity index (χ2n) is 4.29. The normalized spacial score (nSPS) is 10.2. The lowest BCUT2D eigenvalue weighted by atomic mass is 10.1. The van der Waals surface area contributed by atoms with E-state index in [1.54, 1.807) is 12.1 Å². The molecule has 0 aliphatic carbocycles. The third-order valence-corrected chi connectivity index (χ3v) is 3.12. The fourth-order valence-electron chi connectivity index (χ4n) is 1.66. The fraction of sp³-hybridized carbons (Fsp3) is 0.133. The molecular formula is C15H14ClNO. The monoisotopic (exact) mass is 259 g/mol. The molecule has 18 heavy (non-hydrogen) atoms. The minimum atomic E-state index is -0.150. The Bertz CT molecular complexity index is 593. The summed E-state index contributed by atoms with van der Waals surface area (Å²) in [5.41, 5.74) is 3.42. The summed E-state index contributed by atoms with van der Waals surface area (Å²) >= 11 is 6.01. The number of benzene rings is 2. The highest BCUT2D eigenvalue weighted by molar-refractivity contribution is 6.31. The van der Waals surface area contributed by atoms with Gasteiger partial charge in [-0.05, 0) is 49.2 Å². The van der Waals surface area contributed by atoms with Crippen LogP contribution in [-0.4, -0.2) is 5.91 Å². The maximum Gasteiger partial charge on any atom is 0.255 e. The Morgan fingerprint density at radius 3 is 2.56 bits per heavy atom.